The lowest BCUT2D eigenvalue weighted by molar-refractivity contribution is 0.609. The predicted octanol–water partition coefficient (Wildman–Crippen LogP) is 5.71. The molecule has 0 bridgehead atoms. The Morgan fingerprint density at radius 1 is 1.08 bits per heavy atom. The molecule has 0 radical (unpaired) electrons. The fraction of sp³-hybridized carbons (Fsp3) is 0.333. The van der Waals surface area contributed by atoms with Gasteiger partial charge in [0.25, 0.3) is 0 Å². The number of hydrogen-bond donors (Lipinski definition) is 2. The van der Waals surface area contributed by atoms with Crippen molar-refractivity contribution in [1.29, 1.82) is 0 Å². The van der Waals surface area contributed by atoms with Gasteiger partial charge in [-0.15, -0.1) is 0 Å². The maximum Gasteiger partial charge on any atom is 0.0456 e. The zero-order valence-electron chi connectivity index (χ0n) is 14.9. The van der Waals surface area contributed by atoms with E-state index in [9.17, 15) is 0 Å². The van der Waals surface area contributed by atoms with Crippen LogP contribution in [0.3, 0.4) is 0 Å². The third-order valence-electron chi connectivity index (χ3n) is 4.57. The van der Waals surface area contributed by atoms with Crippen molar-refractivity contribution in [3.63, 3.8) is 0 Å². The van der Waals surface area contributed by atoms with E-state index in [1.165, 1.54) is 38.1 Å². The van der Waals surface area contributed by atoms with E-state index >= 15 is 0 Å². The Bertz CT molecular complexity index is 812. The van der Waals surface area contributed by atoms with Crippen molar-refractivity contribution in [2.45, 2.75) is 51.5 Å². The molecule has 0 aliphatic rings. The topological polar surface area (TPSA) is 27.8 Å². The van der Waals surface area contributed by atoms with Crippen LogP contribution in [-0.4, -0.2) is 11.0 Å². The molecular weight excluding hydrogens is 312 g/mol. The van der Waals surface area contributed by atoms with E-state index in [2.05, 4.69) is 80.0 Å². The smallest absolute Gasteiger partial charge is 0.0456 e. The molecule has 2 N–H and O–H groups in total. The van der Waals surface area contributed by atoms with E-state index in [0.29, 0.717) is 6.04 Å². The van der Waals surface area contributed by atoms with E-state index in [1.54, 1.807) is 11.9 Å². The lowest BCUT2D eigenvalue weighted by Crippen LogP contribution is -2.24. The Balaban J connectivity index is 1.72. The molecule has 0 spiro atoms. The first-order valence-corrected chi connectivity index (χ1v) is 9.45. The summed E-state index contributed by atoms with van der Waals surface area (Å²) in [6.45, 7) is 8.81. The molecule has 0 saturated heterocycles. The third kappa shape index (κ3) is 3.68. The first-order valence-electron chi connectivity index (χ1n) is 8.63. The molecular formula is C21H26N2S. The highest BCUT2D eigenvalue weighted by molar-refractivity contribution is 7.97. The first-order chi connectivity index (χ1) is 11.6. The molecule has 126 valence electrons. The van der Waals surface area contributed by atoms with Crippen LogP contribution in [-0.2, 0) is 6.42 Å². The summed E-state index contributed by atoms with van der Waals surface area (Å²) < 4.78 is 3.69. The van der Waals surface area contributed by atoms with Gasteiger partial charge in [-0.3, -0.25) is 4.72 Å². The molecule has 3 heteroatoms. The van der Waals surface area contributed by atoms with Gasteiger partial charge in [0.2, 0.25) is 0 Å². The van der Waals surface area contributed by atoms with Gasteiger partial charge in [0.05, 0.1) is 0 Å². The number of aromatic amines is 1. The van der Waals surface area contributed by atoms with Gasteiger partial charge in [-0.05, 0) is 68.3 Å². The van der Waals surface area contributed by atoms with Crippen molar-refractivity contribution >= 4 is 22.9 Å². The molecule has 1 heterocycles. The van der Waals surface area contributed by atoms with Crippen molar-refractivity contribution in [2.75, 3.05) is 0 Å². The van der Waals surface area contributed by atoms with Crippen LogP contribution < -0.4 is 4.72 Å². The first kappa shape index (κ1) is 17.1. The maximum atomic E-state index is 3.69. The van der Waals surface area contributed by atoms with Gasteiger partial charge in [0.1, 0.15) is 0 Å². The lowest BCUT2D eigenvalue weighted by Gasteiger charge is -2.18. The second kappa shape index (κ2) is 7.45. The Kier molecular flexibility index (Phi) is 5.32. The summed E-state index contributed by atoms with van der Waals surface area (Å²) in [5.74, 6) is 0. The largest absolute Gasteiger partial charge is 0.361 e. The molecule has 2 nitrogen and oxygen atoms in total. The highest BCUT2D eigenvalue weighted by Crippen LogP contribution is 2.27. The fourth-order valence-electron chi connectivity index (χ4n) is 3.31. The molecule has 1 atom stereocenters. The van der Waals surface area contributed by atoms with Crippen LogP contribution in [0.15, 0.2) is 47.5 Å². The van der Waals surface area contributed by atoms with E-state index < -0.39 is 0 Å². The average Bonchev–Trinajstić information content (AvgIpc) is 2.96. The number of fused-ring (bicyclic) bond motifs is 1. The molecule has 2 aromatic carbocycles. The zero-order chi connectivity index (χ0) is 17.1. The molecule has 0 aliphatic carbocycles. The van der Waals surface area contributed by atoms with Crippen molar-refractivity contribution in [3.05, 3.63) is 64.8 Å². The number of aryl methyl sites for hydroxylation is 3. The summed E-state index contributed by atoms with van der Waals surface area (Å²) in [5.41, 5.74) is 6.65. The van der Waals surface area contributed by atoms with Crippen LogP contribution in [0.2, 0.25) is 0 Å². The molecule has 0 amide bonds. The van der Waals surface area contributed by atoms with E-state index in [1.807, 2.05) is 0 Å². The second-order valence-corrected chi connectivity index (χ2v) is 7.46. The second-order valence-electron chi connectivity index (χ2n) is 6.62. The van der Waals surface area contributed by atoms with Crippen LogP contribution >= 0.6 is 11.9 Å². The number of H-pyrrole nitrogens is 1. The number of benzene rings is 2. The van der Waals surface area contributed by atoms with Gasteiger partial charge < -0.3 is 4.98 Å². The number of para-hydroxylation sites is 1. The summed E-state index contributed by atoms with van der Waals surface area (Å²) in [4.78, 5) is 4.74. The van der Waals surface area contributed by atoms with Gasteiger partial charge in [-0.2, -0.15) is 0 Å². The monoisotopic (exact) mass is 338 g/mol. The molecule has 1 aromatic heterocycles. The van der Waals surface area contributed by atoms with Crippen molar-refractivity contribution in [3.8, 4) is 0 Å². The highest BCUT2D eigenvalue weighted by atomic mass is 32.2. The van der Waals surface area contributed by atoms with Gasteiger partial charge in [0.15, 0.2) is 0 Å². The minimum absolute atomic E-state index is 0.453. The minimum atomic E-state index is 0.453. The lowest BCUT2D eigenvalue weighted by atomic mass is 10.0. The van der Waals surface area contributed by atoms with Crippen LogP contribution in [0.1, 0.15) is 35.6 Å². The SMILES string of the molecule is CCC(Cc1c[nH]c2ccccc12)NSc1c(C)cc(C)cc1C. The minimum Gasteiger partial charge on any atom is -0.361 e. The highest BCUT2D eigenvalue weighted by Gasteiger charge is 2.13. The van der Waals surface area contributed by atoms with Crippen LogP contribution in [0.4, 0.5) is 0 Å². The predicted molar refractivity (Wildman–Crippen MR) is 106 cm³/mol. The molecule has 0 fully saturated rings. The summed E-state index contributed by atoms with van der Waals surface area (Å²) >= 11 is 1.78. The standard InChI is InChI=1S/C21H26N2S/c1-5-18(12-17-13-22-20-9-7-6-8-19(17)20)23-24-21-15(3)10-14(2)11-16(21)4/h6-11,13,18,22-23H,5,12H2,1-4H3. The number of rotatable bonds is 6. The number of hydrogen-bond acceptors (Lipinski definition) is 2. The van der Waals surface area contributed by atoms with E-state index in [0.717, 1.165) is 12.8 Å². The number of aromatic nitrogens is 1. The Labute approximate surface area is 149 Å². The van der Waals surface area contributed by atoms with Gasteiger partial charge >= 0.3 is 0 Å². The van der Waals surface area contributed by atoms with Crippen LogP contribution in [0.25, 0.3) is 10.9 Å². The Morgan fingerprint density at radius 2 is 1.79 bits per heavy atom. The quantitative estimate of drug-likeness (QED) is 0.563. The van der Waals surface area contributed by atoms with Crippen molar-refractivity contribution in [2.24, 2.45) is 0 Å². The van der Waals surface area contributed by atoms with Gasteiger partial charge in [0, 0.05) is 28.0 Å². The van der Waals surface area contributed by atoms with Crippen molar-refractivity contribution < 1.29 is 0 Å². The van der Waals surface area contributed by atoms with E-state index in [4.69, 9.17) is 0 Å². The van der Waals surface area contributed by atoms with Crippen molar-refractivity contribution in [1.82, 2.24) is 9.71 Å². The summed E-state index contributed by atoms with van der Waals surface area (Å²) in [5, 5.41) is 1.34. The molecule has 0 saturated carbocycles. The molecule has 0 aliphatic heterocycles. The summed E-state index contributed by atoms with van der Waals surface area (Å²) in [6.07, 6.45) is 4.30. The normalized spacial score (nSPS) is 12.7. The third-order valence-corrected chi connectivity index (χ3v) is 5.87. The Morgan fingerprint density at radius 3 is 2.50 bits per heavy atom. The van der Waals surface area contributed by atoms with Gasteiger partial charge in [-0.25, -0.2) is 0 Å². The van der Waals surface area contributed by atoms with Crippen LogP contribution in [0, 0.1) is 20.8 Å². The van der Waals surface area contributed by atoms with Gasteiger partial charge in [-0.1, -0.05) is 42.8 Å². The fourth-order valence-corrected chi connectivity index (χ4v) is 4.28. The Hall–Kier alpha value is -1.71. The van der Waals surface area contributed by atoms with Crippen LogP contribution in [0.5, 0.6) is 0 Å². The molecule has 3 rings (SSSR count). The summed E-state index contributed by atoms with van der Waals surface area (Å²) in [6, 6.07) is 13.5. The molecule has 1 unspecified atom stereocenters. The molecule has 24 heavy (non-hydrogen) atoms. The molecule has 3 aromatic rings. The summed E-state index contributed by atoms with van der Waals surface area (Å²) in [7, 11) is 0. The van der Waals surface area contributed by atoms with E-state index in [-0.39, 0.29) is 0 Å². The zero-order valence-corrected chi connectivity index (χ0v) is 15.8. The number of nitrogens with one attached hydrogen (secondary N) is 2. The average molecular weight is 339 g/mol. The maximum absolute atomic E-state index is 3.69.